The van der Waals surface area contributed by atoms with Crippen molar-refractivity contribution >= 4 is 47.1 Å². The van der Waals surface area contributed by atoms with Gasteiger partial charge in [-0.05, 0) is 50.7 Å². The zero-order chi connectivity index (χ0) is 41.8. The van der Waals surface area contributed by atoms with Gasteiger partial charge in [-0.25, -0.2) is 16.5 Å². The maximum absolute atomic E-state index is 13.4. The number of carbonyl (C=O) groups is 4. The Balaban J connectivity index is 0.00000166. The van der Waals surface area contributed by atoms with Crippen LogP contribution in [0.15, 0.2) is 30.3 Å². The number of carbonyl (C=O) groups excluding carboxylic acids is 6. The largest absolute Gasteiger partial charge is 1.00 e. The fourth-order valence-corrected chi connectivity index (χ4v) is 6.68. The van der Waals surface area contributed by atoms with Gasteiger partial charge in [0.1, 0.15) is 0 Å². The van der Waals surface area contributed by atoms with Gasteiger partial charge >= 0.3 is 37.7 Å². The van der Waals surface area contributed by atoms with Crippen molar-refractivity contribution in [3.05, 3.63) is 77.8 Å². The molecule has 0 saturated carbocycles. The number of phenols is 1. The van der Waals surface area contributed by atoms with Crippen LogP contribution >= 0.6 is 0 Å². The molecule has 2 aromatic rings. The van der Waals surface area contributed by atoms with E-state index in [1.807, 2.05) is 12.4 Å². The number of nitrogens with zero attached hydrogens (tertiary/aromatic N) is 1. The molecule has 2 heterocycles. The number of phenolic OH excluding ortho intramolecular Hbond substituents is 1. The molecule has 0 radical (unpaired) electrons. The number of rotatable bonds is 22. The van der Waals surface area contributed by atoms with E-state index in [0.29, 0.717) is 37.2 Å². The van der Waals surface area contributed by atoms with Crippen molar-refractivity contribution < 1.29 is 84.4 Å². The van der Waals surface area contributed by atoms with E-state index in [-0.39, 0.29) is 66.8 Å². The molecule has 4 amide bonds. The Morgan fingerprint density at radius 3 is 2.07 bits per heavy atom. The molecule has 0 aromatic heterocycles. The van der Waals surface area contributed by atoms with E-state index in [9.17, 15) is 46.7 Å². The molecule has 2 aliphatic rings. The number of halogens is 1. The second-order valence-electron chi connectivity index (χ2n) is 14.1. The van der Waals surface area contributed by atoms with Crippen molar-refractivity contribution in [1.82, 2.24) is 20.3 Å². The minimum absolute atomic E-state index is 0. The molecule has 0 spiro atoms. The van der Waals surface area contributed by atoms with E-state index in [0.717, 1.165) is 69.4 Å². The predicted octanol–water partition coefficient (Wildman–Crippen LogP) is -1.05. The molecule has 316 valence electrons. The van der Waals surface area contributed by atoms with Gasteiger partial charge in [0.25, 0.3) is 0 Å². The Morgan fingerprint density at radius 2 is 1.54 bits per heavy atom. The summed E-state index contributed by atoms with van der Waals surface area (Å²) in [7, 11) is -2.51. The first-order valence-corrected chi connectivity index (χ1v) is 20.6. The van der Waals surface area contributed by atoms with Crippen LogP contribution in [0.2, 0.25) is 0 Å². The van der Waals surface area contributed by atoms with Crippen LogP contribution in [0.25, 0.3) is 0 Å². The molecular weight excluding hydrogens is 769 g/mol. The Morgan fingerprint density at radius 1 is 0.915 bits per heavy atom. The minimum Gasteiger partial charge on any atom is -0.534 e. The van der Waals surface area contributed by atoms with Crippen molar-refractivity contribution in [2.75, 3.05) is 26.2 Å². The van der Waals surface area contributed by atoms with Crippen LogP contribution in [0.1, 0.15) is 119 Å². The number of amides is 4. The summed E-state index contributed by atoms with van der Waals surface area (Å²) in [4.78, 5) is 66.6. The fourth-order valence-electron chi connectivity index (χ4n) is 6.49. The second-order valence-corrected chi connectivity index (χ2v) is 14.8. The second kappa shape index (κ2) is 33.2. The molecule has 0 aliphatic carbocycles. The number of hydrogen-bond acceptors (Lipinski definition) is 11. The summed E-state index contributed by atoms with van der Waals surface area (Å²) < 4.78 is 33.7. The summed E-state index contributed by atoms with van der Waals surface area (Å²) in [5, 5.41) is 14.7. The Labute approximate surface area is 374 Å². The standard InChI is InChI=1S/C35H46FN2O4.C5H6NO2.C2H3NO3S.2Li/c36-33-21-29(22-34(41)24-33)15-18-38-19-16-30(25-38)23-35(42)37-17-11-9-7-5-3-1-2-4-6-8-10-12-28-13-14-31(26-39)32(20-28)27-40;7-4-2-1-3-5(8)6-4;1-2(4)3-7(5)6;;/h13-14,20-22,30,41H,1-12,15-19,23,25H2,(H,37,42);2H,1,3H2,(H,6,7,8);1H2,(H,3,4,5,6);;/q-3;-1;-2;2*+1/t30-;;;;/m0..../s1. The third-order valence-electron chi connectivity index (χ3n) is 9.37. The first kappa shape index (κ1) is 55.4. The zero-order valence-electron chi connectivity index (χ0n) is 34.5. The molecule has 0 bridgehead atoms. The smallest absolute Gasteiger partial charge is 0.534 e. The van der Waals surface area contributed by atoms with Gasteiger partial charge in [0.2, 0.25) is 11.8 Å². The summed E-state index contributed by atoms with van der Waals surface area (Å²) in [6.45, 7) is 6.13. The van der Waals surface area contributed by atoms with Crippen LogP contribution in [0, 0.1) is 31.1 Å². The van der Waals surface area contributed by atoms with E-state index in [1.165, 1.54) is 68.6 Å². The number of hydrogen-bond donors (Lipinski definition) is 4. The molecule has 4 N–H and O–H groups in total. The van der Waals surface area contributed by atoms with Crippen LogP contribution in [0.3, 0.4) is 0 Å². The summed E-state index contributed by atoms with van der Waals surface area (Å²) >= 11 is 0. The van der Waals surface area contributed by atoms with Crippen LogP contribution in [0.5, 0.6) is 5.75 Å². The summed E-state index contributed by atoms with van der Waals surface area (Å²) in [5.74, 6) is -1.44. The molecule has 59 heavy (non-hydrogen) atoms. The van der Waals surface area contributed by atoms with E-state index in [2.05, 4.69) is 28.5 Å². The maximum Gasteiger partial charge on any atom is 1.00 e. The molecule has 4 rings (SSSR count). The van der Waals surface area contributed by atoms with Crippen molar-refractivity contribution in [3.8, 4) is 5.75 Å². The predicted molar refractivity (Wildman–Crippen MR) is 212 cm³/mol. The number of imide groups is 1. The van der Waals surface area contributed by atoms with Crippen LogP contribution in [0.4, 0.5) is 4.39 Å². The normalized spacial score (nSPS) is 14.4. The molecule has 2 aromatic carbocycles. The van der Waals surface area contributed by atoms with Gasteiger partial charge in [0, 0.05) is 54.9 Å². The minimum atomic E-state index is -2.51. The number of nitrogens with one attached hydrogen (secondary N) is 3. The number of likely N-dealkylation sites (tertiary alicyclic amines) is 1. The van der Waals surface area contributed by atoms with Crippen molar-refractivity contribution in [2.24, 2.45) is 5.92 Å². The van der Waals surface area contributed by atoms with E-state index in [4.69, 9.17) is 0 Å². The monoisotopic (exact) mass is 824 g/mol. The Kier molecular flexibility index (Phi) is 31.2. The molecule has 2 fully saturated rings. The van der Waals surface area contributed by atoms with Crippen LogP contribution < -0.4 is 53.1 Å². The van der Waals surface area contributed by atoms with Gasteiger partial charge in [-0.3, -0.25) is 20.7 Å². The fraction of sp³-hybridized carbons (Fsp3) is 0.524. The average molecular weight is 825 g/mol. The number of aromatic hydroxyl groups is 1. The molecular formula is C42H55FLi2N4O9S-4. The van der Waals surface area contributed by atoms with Crippen molar-refractivity contribution in [1.29, 1.82) is 0 Å². The molecule has 2 aliphatic heterocycles. The Hall–Kier alpha value is -3.57. The van der Waals surface area contributed by atoms with Gasteiger partial charge in [0.05, 0.1) is 11.8 Å². The maximum atomic E-state index is 13.4. The van der Waals surface area contributed by atoms with Gasteiger partial charge in [-0.1, -0.05) is 64.2 Å². The first-order chi connectivity index (χ1) is 27.4. The van der Waals surface area contributed by atoms with Gasteiger partial charge < -0.3 is 66.3 Å². The zero-order valence-corrected chi connectivity index (χ0v) is 35.4. The van der Waals surface area contributed by atoms with Crippen LogP contribution in [-0.2, 0) is 60.9 Å². The van der Waals surface area contributed by atoms with Crippen LogP contribution in [-0.4, -0.2) is 72.4 Å². The van der Waals surface area contributed by atoms with Gasteiger partial charge in [-0.2, -0.15) is 12.0 Å². The molecule has 0 unspecified atom stereocenters. The number of piperidine rings is 1. The summed E-state index contributed by atoms with van der Waals surface area (Å²) in [6.07, 6.45) is 22.5. The number of aryl methyl sites for hydroxylation is 1. The molecule has 2 saturated heterocycles. The van der Waals surface area contributed by atoms with Crippen molar-refractivity contribution in [3.63, 3.8) is 0 Å². The SMILES string of the molecule is O=C1[CH-]CCC(=O)N1.O=[C-]c1ccc(CCCCCCCCCCCCCNC(=O)C[C@@H]2CCN(CCc3cc(O)[c-]c(F)c3)C2)cc1[C-]=O.[CH2-]C(=O)N[S-](=O)=O.[Li+].[Li+]. The topological polar surface area (TPSA) is 196 Å². The Bertz CT molecular complexity index is 1640. The first-order valence-electron chi connectivity index (χ1n) is 19.6. The van der Waals surface area contributed by atoms with E-state index < -0.39 is 22.6 Å². The third kappa shape index (κ3) is 27.0. The molecule has 1 atom stereocenters. The van der Waals surface area contributed by atoms with E-state index >= 15 is 0 Å². The summed E-state index contributed by atoms with van der Waals surface area (Å²) in [6, 6.07) is 10.5. The van der Waals surface area contributed by atoms with Gasteiger partial charge in [0.15, 0.2) is 0 Å². The molecule has 17 heteroatoms. The number of unbranched alkanes of at least 4 members (excludes halogenated alkanes) is 10. The van der Waals surface area contributed by atoms with Gasteiger partial charge in [-0.15, -0.1) is 29.8 Å². The van der Waals surface area contributed by atoms with Crippen molar-refractivity contribution in [2.45, 2.75) is 109 Å². The average Bonchev–Trinajstić information content (AvgIpc) is 3.60. The van der Waals surface area contributed by atoms with E-state index in [1.54, 1.807) is 24.5 Å². The number of benzene rings is 2. The summed E-state index contributed by atoms with van der Waals surface area (Å²) in [5.41, 5.74) is 2.43. The molecule has 13 nitrogen and oxygen atoms in total. The quantitative estimate of drug-likeness (QED) is 0.0374. The third-order valence-corrected chi connectivity index (χ3v) is 9.77.